The molecule has 0 atom stereocenters. The first kappa shape index (κ1) is 9.68. The molecule has 0 aliphatic carbocycles. The average Bonchev–Trinajstić information content (AvgIpc) is 2.47. The van der Waals surface area contributed by atoms with E-state index in [0.717, 1.165) is 28.3 Å². The van der Waals surface area contributed by atoms with Gasteiger partial charge in [-0.3, -0.25) is 4.79 Å². The summed E-state index contributed by atoms with van der Waals surface area (Å²) in [7, 11) is 0. The molecule has 0 aliphatic heterocycles. The third-order valence-electron chi connectivity index (χ3n) is 1.54. The van der Waals surface area contributed by atoms with Gasteiger partial charge in [-0.2, -0.15) is 11.3 Å². The second-order valence-corrected chi connectivity index (χ2v) is 3.96. The average molecular weight is 245 g/mol. The minimum Gasteiger partial charge on any atom is -0.298 e. The normalized spacial score (nSPS) is 11.7. The standard InChI is InChI=1S/C9H9BrOS/c1-2-7(4-11)3-8-5-12-6-9(8)10/h3-6H,2H2,1H3/b7-3-. The highest BCUT2D eigenvalue weighted by Crippen LogP contribution is 2.23. The lowest BCUT2D eigenvalue weighted by atomic mass is 10.1. The molecule has 1 nitrogen and oxygen atoms in total. The van der Waals surface area contributed by atoms with Gasteiger partial charge in [-0.25, -0.2) is 0 Å². The van der Waals surface area contributed by atoms with E-state index in [1.54, 1.807) is 11.3 Å². The first-order valence-electron chi connectivity index (χ1n) is 3.65. The maximum absolute atomic E-state index is 10.5. The number of carbonyl (C=O) groups is 1. The van der Waals surface area contributed by atoms with E-state index >= 15 is 0 Å². The zero-order chi connectivity index (χ0) is 8.97. The Morgan fingerprint density at radius 2 is 2.42 bits per heavy atom. The summed E-state index contributed by atoms with van der Waals surface area (Å²) in [6.07, 6.45) is 3.60. The predicted octanol–water partition coefficient (Wildman–Crippen LogP) is 3.50. The van der Waals surface area contributed by atoms with Crippen LogP contribution < -0.4 is 0 Å². The van der Waals surface area contributed by atoms with Crippen LogP contribution in [0.15, 0.2) is 20.8 Å². The van der Waals surface area contributed by atoms with Gasteiger partial charge in [-0.1, -0.05) is 6.92 Å². The van der Waals surface area contributed by atoms with Crippen molar-refractivity contribution in [1.29, 1.82) is 0 Å². The van der Waals surface area contributed by atoms with Gasteiger partial charge in [0.1, 0.15) is 6.29 Å². The van der Waals surface area contributed by atoms with Gasteiger partial charge in [-0.15, -0.1) is 0 Å². The molecule has 0 aliphatic rings. The molecule has 1 heterocycles. The van der Waals surface area contributed by atoms with Gasteiger partial charge >= 0.3 is 0 Å². The number of thiophene rings is 1. The van der Waals surface area contributed by atoms with Crippen LogP contribution >= 0.6 is 27.3 Å². The van der Waals surface area contributed by atoms with Crippen molar-refractivity contribution >= 4 is 39.6 Å². The molecule has 0 spiro atoms. The van der Waals surface area contributed by atoms with E-state index in [-0.39, 0.29) is 0 Å². The molecule has 0 saturated heterocycles. The van der Waals surface area contributed by atoms with Crippen molar-refractivity contribution in [2.45, 2.75) is 13.3 Å². The monoisotopic (exact) mass is 244 g/mol. The molecule has 3 heteroatoms. The largest absolute Gasteiger partial charge is 0.298 e. The Bertz CT molecular complexity index is 301. The SMILES string of the molecule is CC/C(C=O)=C/c1cscc1Br. The third kappa shape index (κ3) is 2.29. The number of aldehydes is 1. The van der Waals surface area contributed by atoms with Crippen molar-refractivity contribution in [3.8, 4) is 0 Å². The lowest BCUT2D eigenvalue weighted by molar-refractivity contribution is -0.104. The summed E-state index contributed by atoms with van der Waals surface area (Å²) < 4.78 is 1.06. The number of rotatable bonds is 3. The summed E-state index contributed by atoms with van der Waals surface area (Å²) in [6, 6.07) is 0. The number of halogens is 1. The Morgan fingerprint density at radius 1 is 1.67 bits per heavy atom. The highest BCUT2D eigenvalue weighted by Gasteiger charge is 1.98. The number of carbonyl (C=O) groups excluding carboxylic acids is 1. The smallest absolute Gasteiger partial charge is 0.146 e. The van der Waals surface area contributed by atoms with E-state index in [4.69, 9.17) is 0 Å². The van der Waals surface area contributed by atoms with Gasteiger partial charge in [0.25, 0.3) is 0 Å². The Hall–Kier alpha value is -0.410. The van der Waals surface area contributed by atoms with Crippen molar-refractivity contribution in [3.63, 3.8) is 0 Å². The van der Waals surface area contributed by atoms with Crippen LogP contribution in [0.25, 0.3) is 6.08 Å². The van der Waals surface area contributed by atoms with Gasteiger partial charge in [0.2, 0.25) is 0 Å². The highest BCUT2D eigenvalue weighted by molar-refractivity contribution is 9.10. The molecule has 0 radical (unpaired) electrons. The summed E-state index contributed by atoms with van der Waals surface area (Å²) in [5.74, 6) is 0. The number of hydrogen-bond acceptors (Lipinski definition) is 2. The first-order valence-corrected chi connectivity index (χ1v) is 5.39. The van der Waals surface area contributed by atoms with E-state index in [1.807, 2.05) is 23.8 Å². The Labute approximate surface area is 84.2 Å². The van der Waals surface area contributed by atoms with Crippen LogP contribution in [0.1, 0.15) is 18.9 Å². The van der Waals surface area contributed by atoms with Gasteiger partial charge in [0.15, 0.2) is 0 Å². The maximum Gasteiger partial charge on any atom is 0.146 e. The summed E-state index contributed by atoms with van der Waals surface area (Å²) >= 11 is 5.02. The molecule has 64 valence electrons. The van der Waals surface area contributed by atoms with Crippen molar-refractivity contribution < 1.29 is 4.79 Å². The quantitative estimate of drug-likeness (QED) is 0.588. The molecular formula is C9H9BrOS. The van der Waals surface area contributed by atoms with Crippen molar-refractivity contribution in [1.82, 2.24) is 0 Å². The van der Waals surface area contributed by atoms with Crippen LogP contribution in [0.5, 0.6) is 0 Å². The second-order valence-electron chi connectivity index (χ2n) is 2.37. The summed E-state index contributed by atoms with van der Waals surface area (Å²) in [6.45, 7) is 1.97. The third-order valence-corrected chi connectivity index (χ3v) is 3.29. The minimum absolute atomic E-state index is 0.784. The van der Waals surface area contributed by atoms with Gasteiger partial charge in [0, 0.05) is 9.85 Å². The van der Waals surface area contributed by atoms with Crippen LogP contribution in [-0.2, 0) is 4.79 Å². The summed E-state index contributed by atoms with van der Waals surface area (Å²) in [4.78, 5) is 10.5. The molecule has 12 heavy (non-hydrogen) atoms. The molecule has 0 fully saturated rings. The van der Waals surface area contributed by atoms with Crippen LogP contribution in [0.3, 0.4) is 0 Å². The topological polar surface area (TPSA) is 17.1 Å². The molecule has 0 aromatic carbocycles. The lowest BCUT2D eigenvalue weighted by Gasteiger charge is -1.92. The molecular weight excluding hydrogens is 236 g/mol. The lowest BCUT2D eigenvalue weighted by Crippen LogP contribution is -1.80. The molecule has 1 rings (SSSR count). The van der Waals surface area contributed by atoms with E-state index < -0.39 is 0 Å². The fraction of sp³-hybridized carbons (Fsp3) is 0.222. The Morgan fingerprint density at radius 3 is 2.83 bits per heavy atom. The fourth-order valence-corrected chi connectivity index (χ4v) is 2.18. The molecule has 1 aromatic rings. The van der Waals surface area contributed by atoms with Gasteiger partial charge < -0.3 is 0 Å². The van der Waals surface area contributed by atoms with Crippen LogP contribution in [-0.4, -0.2) is 6.29 Å². The van der Waals surface area contributed by atoms with Gasteiger partial charge in [-0.05, 0) is 44.9 Å². The molecule has 0 saturated carbocycles. The van der Waals surface area contributed by atoms with Gasteiger partial charge in [0.05, 0.1) is 0 Å². The molecule has 0 bridgehead atoms. The molecule has 0 N–H and O–H groups in total. The van der Waals surface area contributed by atoms with E-state index in [1.165, 1.54) is 0 Å². The van der Waals surface area contributed by atoms with E-state index in [9.17, 15) is 4.79 Å². The first-order chi connectivity index (χ1) is 5.77. The summed E-state index contributed by atoms with van der Waals surface area (Å²) in [5.41, 5.74) is 1.91. The number of allylic oxidation sites excluding steroid dienone is 1. The minimum atomic E-state index is 0.784. The van der Waals surface area contributed by atoms with Crippen LogP contribution in [0.2, 0.25) is 0 Å². The van der Waals surface area contributed by atoms with Crippen LogP contribution in [0, 0.1) is 0 Å². The summed E-state index contributed by atoms with van der Waals surface area (Å²) in [5, 5.41) is 4.02. The van der Waals surface area contributed by atoms with Crippen molar-refractivity contribution in [2.24, 2.45) is 0 Å². The van der Waals surface area contributed by atoms with Crippen LogP contribution in [0.4, 0.5) is 0 Å². The second kappa shape index (κ2) is 4.58. The number of hydrogen-bond donors (Lipinski definition) is 0. The van der Waals surface area contributed by atoms with E-state index in [2.05, 4.69) is 15.9 Å². The Balaban J connectivity index is 2.92. The predicted molar refractivity (Wildman–Crippen MR) is 56.4 cm³/mol. The maximum atomic E-state index is 10.5. The zero-order valence-electron chi connectivity index (χ0n) is 6.71. The van der Waals surface area contributed by atoms with Crippen molar-refractivity contribution in [3.05, 3.63) is 26.4 Å². The van der Waals surface area contributed by atoms with E-state index in [0.29, 0.717) is 0 Å². The zero-order valence-corrected chi connectivity index (χ0v) is 9.11. The molecule has 1 aromatic heterocycles. The van der Waals surface area contributed by atoms with Crippen molar-refractivity contribution in [2.75, 3.05) is 0 Å². The fourth-order valence-electron chi connectivity index (χ4n) is 0.814. The highest BCUT2D eigenvalue weighted by atomic mass is 79.9. The Kier molecular flexibility index (Phi) is 3.69. The molecule has 0 amide bonds. The molecule has 0 unspecified atom stereocenters.